The van der Waals surface area contributed by atoms with Crippen LogP contribution in [0.5, 0.6) is 5.75 Å². The molecule has 0 saturated carbocycles. The Morgan fingerprint density at radius 2 is 1.39 bits per heavy atom. The van der Waals surface area contributed by atoms with Gasteiger partial charge in [0.2, 0.25) is 0 Å². The molecule has 0 amide bonds. The summed E-state index contributed by atoms with van der Waals surface area (Å²) in [4.78, 5) is 0. The van der Waals surface area contributed by atoms with Gasteiger partial charge in [-0.1, -0.05) is 30.3 Å². The first kappa shape index (κ1) is 13.9. The molecule has 18 heavy (non-hydrogen) atoms. The molecular formula is C15H20N2O. The van der Waals surface area contributed by atoms with Gasteiger partial charge in [-0.25, -0.2) is 0 Å². The molecule has 0 fully saturated rings. The molecule has 96 valence electrons. The van der Waals surface area contributed by atoms with Crippen LogP contribution in [0.4, 0.5) is 11.4 Å². The van der Waals surface area contributed by atoms with Crippen LogP contribution in [0.3, 0.4) is 0 Å². The Kier molecular flexibility index (Phi) is 5.58. The minimum atomic E-state index is 0.180. The van der Waals surface area contributed by atoms with Gasteiger partial charge in [-0.05, 0) is 38.1 Å². The summed E-state index contributed by atoms with van der Waals surface area (Å²) in [5.41, 5.74) is 12.5. The van der Waals surface area contributed by atoms with Crippen LogP contribution < -0.4 is 16.2 Å². The summed E-state index contributed by atoms with van der Waals surface area (Å²) in [7, 11) is 0. The van der Waals surface area contributed by atoms with E-state index < -0.39 is 0 Å². The maximum atomic E-state index is 5.64. The molecule has 2 rings (SSSR count). The molecule has 0 saturated heterocycles. The lowest BCUT2D eigenvalue weighted by Gasteiger charge is -2.10. The van der Waals surface area contributed by atoms with E-state index in [0.717, 1.165) is 11.4 Å². The molecule has 0 aromatic heterocycles. The van der Waals surface area contributed by atoms with E-state index in [1.165, 1.54) is 0 Å². The maximum absolute atomic E-state index is 5.64. The minimum absolute atomic E-state index is 0.180. The van der Waals surface area contributed by atoms with Crippen molar-refractivity contribution in [1.82, 2.24) is 0 Å². The lowest BCUT2D eigenvalue weighted by atomic mass is 10.3. The summed E-state index contributed by atoms with van der Waals surface area (Å²) in [6, 6.07) is 17.0. The number of nitrogen functional groups attached to an aromatic ring is 2. The van der Waals surface area contributed by atoms with Crippen LogP contribution in [0.25, 0.3) is 0 Å². The molecule has 0 aliphatic rings. The van der Waals surface area contributed by atoms with Crippen LogP contribution in [0, 0.1) is 0 Å². The van der Waals surface area contributed by atoms with Gasteiger partial charge in [-0.2, -0.15) is 0 Å². The maximum Gasteiger partial charge on any atom is 0.142 e. The minimum Gasteiger partial charge on any atom is -0.489 e. The Hall–Kier alpha value is -2.16. The predicted molar refractivity (Wildman–Crippen MR) is 77.5 cm³/mol. The molecule has 2 aromatic carbocycles. The van der Waals surface area contributed by atoms with E-state index in [9.17, 15) is 0 Å². The third-order valence-electron chi connectivity index (χ3n) is 2.08. The van der Waals surface area contributed by atoms with Gasteiger partial charge in [-0.15, -0.1) is 0 Å². The quantitative estimate of drug-likeness (QED) is 0.796. The number of hydrogen-bond donors (Lipinski definition) is 2. The lowest BCUT2D eigenvalue weighted by molar-refractivity contribution is 0.244. The Morgan fingerprint density at radius 3 is 1.83 bits per heavy atom. The monoisotopic (exact) mass is 244 g/mol. The Labute approximate surface area is 108 Å². The van der Waals surface area contributed by atoms with E-state index in [-0.39, 0.29) is 6.10 Å². The fraction of sp³-hybridized carbons (Fsp3) is 0.200. The number of benzene rings is 2. The number of ether oxygens (including phenoxy) is 1. The van der Waals surface area contributed by atoms with Crippen LogP contribution in [0.1, 0.15) is 13.8 Å². The van der Waals surface area contributed by atoms with Gasteiger partial charge in [-0.3, -0.25) is 0 Å². The van der Waals surface area contributed by atoms with Crippen LogP contribution in [-0.4, -0.2) is 6.10 Å². The second-order valence-corrected chi connectivity index (χ2v) is 4.12. The summed E-state index contributed by atoms with van der Waals surface area (Å²) >= 11 is 0. The molecule has 0 bridgehead atoms. The molecule has 2 aromatic rings. The molecule has 0 aliphatic carbocycles. The van der Waals surface area contributed by atoms with Crippen LogP contribution >= 0.6 is 0 Å². The predicted octanol–water partition coefficient (Wildman–Crippen LogP) is 3.32. The van der Waals surface area contributed by atoms with E-state index in [1.54, 1.807) is 0 Å². The van der Waals surface area contributed by atoms with E-state index in [1.807, 2.05) is 68.4 Å². The normalized spacial score (nSPS) is 9.50. The average molecular weight is 244 g/mol. The molecule has 3 nitrogen and oxygen atoms in total. The molecule has 0 atom stereocenters. The van der Waals surface area contributed by atoms with E-state index in [2.05, 4.69) is 0 Å². The lowest BCUT2D eigenvalue weighted by Crippen LogP contribution is -2.06. The first-order valence-electron chi connectivity index (χ1n) is 5.91. The van der Waals surface area contributed by atoms with Gasteiger partial charge in [0.05, 0.1) is 11.8 Å². The Bertz CT molecular complexity index is 455. The number of para-hydroxylation sites is 3. The van der Waals surface area contributed by atoms with Crippen molar-refractivity contribution in [2.24, 2.45) is 0 Å². The number of hydrogen-bond acceptors (Lipinski definition) is 3. The summed E-state index contributed by atoms with van der Waals surface area (Å²) < 4.78 is 5.42. The van der Waals surface area contributed by atoms with Crippen molar-refractivity contribution in [3.8, 4) is 5.75 Å². The molecule has 0 aliphatic heterocycles. The van der Waals surface area contributed by atoms with Gasteiger partial charge < -0.3 is 16.2 Å². The highest BCUT2D eigenvalue weighted by molar-refractivity contribution is 5.51. The van der Waals surface area contributed by atoms with E-state index in [4.69, 9.17) is 16.2 Å². The van der Waals surface area contributed by atoms with Gasteiger partial charge in [0.15, 0.2) is 0 Å². The first-order valence-corrected chi connectivity index (χ1v) is 5.91. The van der Waals surface area contributed by atoms with Crippen LogP contribution in [-0.2, 0) is 0 Å². The number of rotatable bonds is 2. The molecule has 0 unspecified atom stereocenters. The van der Waals surface area contributed by atoms with Crippen molar-refractivity contribution in [1.29, 1.82) is 0 Å². The van der Waals surface area contributed by atoms with Crippen molar-refractivity contribution in [2.75, 3.05) is 11.5 Å². The zero-order valence-corrected chi connectivity index (χ0v) is 10.8. The fourth-order valence-corrected chi connectivity index (χ4v) is 1.29. The van der Waals surface area contributed by atoms with Crippen molar-refractivity contribution in [3.05, 3.63) is 54.6 Å². The molecule has 4 N–H and O–H groups in total. The smallest absolute Gasteiger partial charge is 0.142 e. The van der Waals surface area contributed by atoms with Crippen LogP contribution in [0.15, 0.2) is 54.6 Å². The average Bonchev–Trinajstić information content (AvgIpc) is 2.33. The van der Waals surface area contributed by atoms with Crippen molar-refractivity contribution < 1.29 is 4.74 Å². The van der Waals surface area contributed by atoms with Crippen molar-refractivity contribution in [2.45, 2.75) is 20.0 Å². The standard InChI is InChI=1S/C9H13NO.C6H7N/c1-7(2)11-9-6-4-3-5-8(9)10;7-6-4-2-1-3-5-6/h3-7H,10H2,1-2H3;1-5H,7H2. The van der Waals surface area contributed by atoms with Crippen LogP contribution in [0.2, 0.25) is 0 Å². The SMILES string of the molecule is CC(C)Oc1ccccc1N.Nc1ccccc1. The molecule has 3 heteroatoms. The molecule has 0 radical (unpaired) electrons. The fourth-order valence-electron chi connectivity index (χ4n) is 1.29. The first-order chi connectivity index (χ1) is 8.59. The van der Waals surface area contributed by atoms with Crippen molar-refractivity contribution in [3.63, 3.8) is 0 Å². The largest absolute Gasteiger partial charge is 0.489 e. The van der Waals surface area contributed by atoms with Gasteiger partial charge in [0, 0.05) is 5.69 Å². The third-order valence-corrected chi connectivity index (χ3v) is 2.08. The zero-order valence-electron chi connectivity index (χ0n) is 10.8. The van der Waals surface area contributed by atoms with Gasteiger partial charge in [0.1, 0.15) is 5.75 Å². The number of anilines is 2. The second kappa shape index (κ2) is 7.22. The highest BCUT2D eigenvalue weighted by Gasteiger charge is 1.99. The molecular weight excluding hydrogens is 224 g/mol. The topological polar surface area (TPSA) is 61.3 Å². The van der Waals surface area contributed by atoms with E-state index in [0.29, 0.717) is 5.69 Å². The molecule has 0 spiro atoms. The van der Waals surface area contributed by atoms with E-state index >= 15 is 0 Å². The third kappa shape index (κ3) is 5.25. The zero-order chi connectivity index (χ0) is 13.4. The summed E-state index contributed by atoms with van der Waals surface area (Å²) in [5.74, 6) is 0.766. The number of nitrogens with two attached hydrogens (primary N) is 2. The van der Waals surface area contributed by atoms with Crippen molar-refractivity contribution >= 4 is 11.4 Å². The van der Waals surface area contributed by atoms with Gasteiger partial charge >= 0.3 is 0 Å². The Balaban J connectivity index is 0.000000199. The summed E-state index contributed by atoms with van der Waals surface area (Å²) in [5, 5.41) is 0. The highest BCUT2D eigenvalue weighted by atomic mass is 16.5. The molecule has 0 heterocycles. The second-order valence-electron chi connectivity index (χ2n) is 4.12. The Morgan fingerprint density at radius 1 is 0.833 bits per heavy atom. The van der Waals surface area contributed by atoms with Gasteiger partial charge in [0.25, 0.3) is 0 Å². The highest BCUT2D eigenvalue weighted by Crippen LogP contribution is 2.20. The summed E-state index contributed by atoms with van der Waals surface area (Å²) in [6.45, 7) is 3.96. The summed E-state index contributed by atoms with van der Waals surface area (Å²) in [6.07, 6.45) is 0.180.